The molecule has 0 aliphatic carbocycles. The van der Waals surface area contributed by atoms with Gasteiger partial charge < -0.3 is 24.6 Å². The van der Waals surface area contributed by atoms with Crippen molar-refractivity contribution in [2.75, 3.05) is 67.7 Å². The Morgan fingerprint density at radius 3 is 2.64 bits per heavy atom. The molecule has 1 aliphatic heterocycles. The van der Waals surface area contributed by atoms with Gasteiger partial charge in [0.25, 0.3) is 0 Å². The number of methoxy groups -OCH3 is 1. The lowest BCUT2D eigenvalue weighted by molar-refractivity contribution is 0.0536. The number of hydrogen-bond donors (Lipinski definition) is 1. The lowest BCUT2D eigenvalue weighted by Gasteiger charge is -2.28. The number of hydrogen-bond acceptors (Lipinski definition) is 4. The smallest absolute Gasteiger partial charge is 0.193 e. The van der Waals surface area contributed by atoms with Gasteiger partial charge in [-0.05, 0) is 38.1 Å². The van der Waals surface area contributed by atoms with Crippen LogP contribution in [0.3, 0.4) is 0 Å². The van der Waals surface area contributed by atoms with Gasteiger partial charge in [-0.25, -0.2) is 0 Å². The van der Waals surface area contributed by atoms with E-state index in [-0.39, 0.29) is 0 Å². The second-order valence-corrected chi connectivity index (χ2v) is 7.67. The summed E-state index contributed by atoms with van der Waals surface area (Å²) < 4.78 is 10.7. The van der Waals surface area contributed by atoms with Crippen molar-refractivity contribution in [3.63, 3.8) is 0 Å². The molecule has 1 aliphatic rings. The van der Waals surface area contributed by atoms with E-state index in [2.05, 4.69) is 65.4 Å². The molecule has 0 radical (unpaired) electrons. The summed E-state index contributed by atoms with van der Waals surface area (Å²) in [6.45, 7) is 7.15. The van der Waals surface area contributed by atoms with Crippen molar-refractivity contribution in [3.8, 4) is 0 Å². The van der Waals surface area contributed by atoms with Crippen LogP contribution in [0.15, 0.2) is 29.3 Å². The fourth-order valence-corrected chi connectivity index (χ4v) is 3.65. The van der Waals surface area contributed by atoms with E-state index in [0.717, 1.165) is 45.0 Å². The minimum Gasteiger partial charge on any atom is -0.382 e. The third kappa shape index (κ3) is 6.76. The summed E-state index contributed by atoms with van der Waals surface area (Å²) in [7, 11) is 7.83. The number of rotatable bonds is 10. The molecule has 0 saturated carbocycles. The molecular formula is C22H38N4O2. The number of likely N-dealkylation sites (N-methyl/N-ethyl adjacent to an activating group) is 1. The molecule has 2 rings (SSSR count). The predicted octanol–water partition coefficient (Wildman–Crippen LogP) is 2.41. The molecule has 2 atom stereocenters. The van der Waals surface area contributed by atoms with Crippen LogP contribution in [0.2, 0.25) is 0 Å². The maximum Gasteiger partial charge on any atom is 0.193 e. The van der Waals surface area contributed by atoms with E-state index in [1.54, 1.807) is 7.11 Å². The van der Waals surface area contributed by atoms with Gasteiger partial charge in [0.05, 0.1) is 25.9 Å². The molecule has 6 nitrogen and oxygen atoms in total. The normalized spacial score (nSPS) is 18.7. The van der Waals surface area contributed by atoms with Crippen LogP contribution in [0.1, 0.15) is 30.5 Å². The minimum absolute atomic E-state index is 0.304. The van der Waals surface area contributed by atoms with Gasteiger partial charge in [-0.2, -0.15) is 0 Å². The van der Waals surface area contributed by atoms with E-state index in [1.807, 2.05) is 7.05 Å². The van der Waals surface area contributed by atoms with E-state index >= 15 is 0 Å². The van der Waals surface area contributed by atoms with Crippen LogP contribution >= 0.6 is 0 Å². The van der Waals surface area contributed by atoms with Crippen molar-refractivity contribution in [3.05, 3.63) is 35.4 Å². The average Bonchev–Trinajstić information content (AvgIpc) is 3.17. The zero-order valence-corrected chi connectivity index (χ0v) is 18.3. The zero-order chi connectivity index (χ0) is 20.4. The van der Waals surface area contributed by atoms with E-state index in [1.165, 1.54) is 11.1 Å². The standard InChI is InChI=1S/C22H38N4O2/c1-6-18-7-9-20(10-8-18)21(25(3)4)15-24-22(23-2)26-12-11-19(16-26)17-28-14-13-27-5/h7-10,19,21H,6,11-17H2,1-5H3,(H,23,24). The average molecular weight is 391 g/mol. The summed E-state index contributed by atoms with van der Waals surface area (Å²) in [4.78, 5) is 9.12. The summed E-state index contributed by atoms with van der Waals surface area (Å²) in [6, 6.07) is 9.26. The number of nitrogens with zero attached hydrogens (tertiary/aromatic N) is 3. The highest BCUT2D eigenvalue weighted by Crippen LogP contribution is 2.20. The Hall–Kier alpha value is -1.63. The topological polar surface area (TPSA) is 49.3 Å². The molecule has 0 spiro atoms. The van der Waals surface area contributed by atoms with Gasteiger partial charge in [-0.15, -0.1) is 0 Å². The maximum absolute atomic E-state index is 5.71. The second kappa shape index (κ2) is 12.0. The van der Waals surface area contributed by atoms with Gasteiger partial charge in [0.2, 0.25) is 0 Å². The second-order valence-electron chi connectivity index (χ2n) is 7.67. The summed E-state index contributed by atoms with van der Waals surface area (Å²) in [5, 5.41) is 3.59. The number of aryl methyl sites for hydroxylation is 1. The van der Waals surface area contributed by atoms with Crippen LogP contribution in [0.4, 0.5) is 0 Å². The van der Waals surface area contributed by atoms with Crippen molar-refractivity contribution in [1.29, 1.82) is 0 Å². The molecule has 28 heavy (non-hydrogen) atoms. The molecule has 1 N–H and O–H groups in total. The zero-order valence-electron chi connectivity index (χ0n) is 18.3. The Labute approximate surface area is 170 Å². The Morgan fingerprint density at radius 1 is 1.29 bits per heavy atom. The largest absolute Gasteiger partial charge is 0.382 e. The third-order valence-corrected chi connectivity index (χ3v) is 5.43. The first kappa shape index (κ1) is 22.7. The van der Waals surface area contributed by atoms with Crippen molar-refractivity contribution >= 4 is 5.96 Å². The molecule has 1 aromatic carbocycles. The lowest BCUT2D eigenvalue weighted by Crippen LogP contribution is -2.43. The van der Waals surface area contributed by atoms with Gasteiger partial charge in [0.15, 0.2) is 5.96 Å². The van der Waals surface area contributed by atoms with E-state index in [0.29, 0.717) is 25.2 Å². The lowest BCUT2D eigenvalue weighted by atomic mass is 10.0. The fraction of sp³-hybridized carbons (Fsp3) is 0.682. The minimum atomic E-state index is 0.304. The summed E-state index contributed by atoms with van der Waals surface area (Å²) in [6.07, 6.45) is 2.21. The number of nitrogens with one attached hydrogen (secondary N) is 1. The van der Waals surface area contributed by atoms with Gasteiger partial charge in [0.1, 0.15) is 0 Å². The molecule has 1 saturated heterocycles. The number of guanidine groups is 1. The number of ether oxygens (including phenoxy) is 2. The van der Waals surface area contributed by atoms with E-state index in [4.69, 9.17) is 9.47 Å². The summed E-state index contributed by atoms with van der Waals surface area (Å²) >= 11 is 0. The molecule has 158 valence electrons. The Morgan fingerprint density at radius 2 is 2.04 bits per heavy atom. The van der Waals surface area contributed by atoms with Crippen LogP contribution in [-0.4, -0.2) is 83.5 Å². The quantitative estimate of drug-likeness (QED) is 0.378. The first-order valence-electron chi connectivity index (χ1n) is 10.4. The molecule has 2 unspecified atom stereocenters. The maximum atomic E-state index is 5.71. The number of likely N-dealkylation sites (tertiary alicyclic amines) is 1. The van der Waals surface area contributed by atoms with Crippen LogP contribution in [0.5, 0.6) is 0 Å². The van der Waals surface area contributed by atoms with Crippen molar-refractivity contribution < 1.29 is 9.47 Å². The predicted molar refractivity (Wildman–Crippen MR) is 116 cm³/mol. The fourth-order valence-electron chi connectivity index (χ4n) is 3.65. The van der Waals surface area contributed by atoms with Crippen LogP contribution in [-0.2, 0) is 15.9 Å². The molecular weight excluding hydrogens is 352 g/mol. The van der Waals surface area contributed by atoms with Crippen LogP contribution in [0.25, 0.3) is 0 Å². The Kier molecular flexibility index (Phi) is 9.75. The Bertz CT molecular complexity index is 589. The molecule has 1 fully saturated rings. The van der Waals surface area contributed by atoms with Crippen molar-refractivity contribution in [2.45, 2.75) is 25.8 Å². The number of benzene rings is 1. The molecule has 0 amide bonds. The van der Waals surface area contributed by atoms with Crippen molar-refractivity contribution in [2.24, 2.45) is 10.9 Å². The van der Waals surface area contributed by atoms with E-state index < -0.39 is 0 Å². The highest BCUT2D eigenvalue weighted by Gasteiger charge is 2.25. The molecule has 0 aromatic heterocycles. The Balaban J connectivity index is 1.87. The first-order chi connectivity index (χ1) is 13.6. The van der Waals surface area contributed by atoms with Gasteiger partial charge in [-0.3, -0.25) is 4.99 Å². The van der Waals surface area contributed by atoms with Gasteiger partial charge in [0, 0.05) is 39.7 Å². The van der Waals surface area contributed by atoms with Gasteiger partial charge in [-0.1, -0.05) is 31.2 Å². The molecule has 0 bridgehead atoms. The highest BCUT2D eigenvalue weighted by molar-refractivity contribution is 5.80. The molecule has 1 aromatic rings. The SMILES string of the molecule is CCc1ccc(C(CNC(=NC)N2CCC(COCCOC)C2)N(C)C)cc1. The van der Waals surface area contributed by atoms with Crippen LogP contribution < -0.4 is 5.32 Å². The first-order valence-corrected chi connectivity index (χ1v) is 10.4. The van der Waals surface area contributed by atoms with Crippen LogP contribution in [0, 0.1) is 5.92 Å². The monoisotopic (exact) mass is 390 g/mol. The van der Waals surface area contributed by atoms with Crippen molar-refractivity contribution in [1.82, 2.24) is 15.1 Å². The highest BCUT2D eigenvalue weighted by atomic mass is 16.5. The molecule has 6 heteroatoms. The molecule has 1 heterocycles. The summed E-state index contributed by atoms with van der Waals surface area (Å²) in [5.74, 6) is 1.54. The third-order valence-electron chi connectivity index (χ3n) is 5.43. The summed E-state index contributed by atoms with van der Waals surface area (Å²) in [5.41, 5.74) is 2.71. The number of aliphatic imine (C=N–C) groups is 1. The van der Waals surface area contributed by atoms with Gasteiger partial charge >= 0.3 is 0 Å². The van der Waals surface area contributed by atoms with E-state index in [9.17, 15) is 0 Å².